The van der Waals surface area contributed by atoms with Crippen LogP contribution in [0.1, 0.15) is 34.7 Å². The monoisotopic (exact) mass is 379 g/mol. The first-order chi connectivity index (χ1) is 9.15. The van der Waals surface area contributed by atoms with Crippen LogP contribution in [0.4, 0.5) is 0 Å². The summed E-state index contributed by atoms with van der Waals surface area (Å²) >= 11 is 7.10. The molecule has 19 heavy (non-hydrogen) atoms. The average molecular weight is 381 g/mol. The van der Waals surface area contributed by atoms with Crippen molar-refractivity contribution in [3.63, 3.8) is 0 Å². The minimum Gasteiger partial charge on any atom is -0.320 e. The van der Waals surface area contributed by atoms with Crippen molar-refractivity contribution < 1.29 is 0 Å². The van der Waals surface area contributed by atoms with Gasteiger partial charge >= 0.3 is 0 Å². The number of fused-ring (bicyclic) bond motifs is 1. The lowest BCUT2D eigenvalue weighted by Gasteiger charge is -2.16. The molecule has 0 amide bonds. The van der Waals surface area contributed by atoms with E-state index < -0.39 is 0 Å². The van der Waals surface area contributed by atoms with Gasteiger partial charge in [0.15, 0.2) is 0 Å². The molecule has 3 heteroatoms. The summed E-state index contributed by atoms with van der Waals surface area (Å²) in [7, 11) is 0. The van der Waals surface area contributed by atoms with Gasteiger partial charge in [-0.05, 0) is 59.7 Å². The highest BCUT2D eigenvalue weighted by Crippen LogP contribution is 2.32. The fraction of sp³-hybridized carbons (Fsp3) is 0.250. The fourth-order valence-corrected chi connectivity index (χ4v) is 3.59. The van der Waals surface area contributed by atoms with Gasteiger partial charge in [0.05, 0.1) is 6.04 Å². The van der Waals surface area contributed by atoms with Crippen LogP contribution in [-0.2, 0) is 12.8 Å². The molecule has 1 aliphatic rings. The maximum atomic E-state index is 6.43. The van der Waals surface area contributed by atoms with Crippen LogP contribution in [0.25, 0.3) is 0 Å². The highest BCUT2D eigenvalue weighted by atomic mass is 79.9. The second-order valence-corrected chi connectivity index (χ2v) is 6.80. The molecule has 0 saturated carbocycles. The first-order valence-electron chi connectivity index (χ1n) is 6.47. The van der Waals surface area contributed by atoms with Crippen molar-refractivity contribution in [2.24, 2.45) is 5.73 Å². The van der Waals surface area contributed by atoms with Gasteiger partial charge in [-0.3, -0.25) is 0 Å². The average Bonchev–Trinajstić information content (AvgIpc) is 2.88. The molecule has 1 nitrogen and oxygen atoms in total. The van der Waals surface area contributed by atoms with Crippen molar-refractivity contribution in [1.29, 1.82) is 0 Å². The highest BCUT2D eigenvalue weighted by molar-refractivity contribution is 9.11. The molecule has 0 aromatic heterocycles. The van der Waals surface area contributed by atoms with E-state index in [2.05, 4.69) is 56.1 Å². The summed E-state index contributed by atoms with van der Waals surface area (Å²) in [5, 5.41) is 0. The highest BCUT2D eigenvalue weighted by Gasteiger charge is 2.16. The molecule has 0 saturated heterocycles. The molecule has 1 aliphatic carbocycles. The summed E-state index contributed by atoms with van der Waals surface area (Å²) in [6, 6.07) is 12.7. The molecule has 2 aromatic rings. The fourth-order valence-electron chi connectivity index (χ4n) is 2.72. The van der Waals surface area contributed by atoms with Crippen molar-refractivity contribution >= 4 is 31.9 Å². The number of nitrogens with two attached hydrogens (primary N) is 1. The Morgan fingerprint density at radius 2 is 1.74 bits per heavy atom. The van der Waals surface area contributed by atoms with Crippen LogP contribution in [-0.4, -0.2) is 0 Å². The molecule has 1 atom stereocenters. The third kappa shape index (κ3) is 2.64. The molecule has 0 bridgehead atoms. The Kier molecular flexibility index (Phi) is 3.79. The summed E-state index contributed by atoms with van der Waals surface area (Å²) < 4.78 is 2.12. The molecule has 0 aliphatic heterocycles. The molecule has 0 spiro atoms. The zero-order valence-electron chi connectivity index (χ0n) is 10.5. The zero-order chi connectivity index (χ0) is 13.4. The molecular weight excluding hydrogens is 366 g/mol. The lowest BCUT2D eigenvalue weighted by Crippen LogP contribution is -2.13. The van der Waals surface area contributed by atoms with E-state index in [1.165, 1.54) is 36.0 Å². The number of halogens is 2. The van der Waals surface area contributed by atoms with Gasteiger partial charge in [0.1, 0.15) is 0 Å². The smallest absolute Gasteiger partial charge is 0.0563 e. The van der Waals surface area contributed by atoms with Crippen LogP contribution in [0.3, 0.4) is 0 Å². The van der Waals surface area contributed by atoms with Crippen LogP contribution in [0.5, 0.6) is 0 Å². The van der Waals surface area contributed by atoms with E-state index in [0.29, 0.717) is 0 Å². The van der Waals surface area contributed by atoms with Gasteiger partial charge < -0.3 is 5.73 Å². The number of rotatable bonds is 2. The Labute approximate surface area is 130 Å². The predicted octanol–water partition coefficient (Wildman–Crippen LogP) is 4.75. The molecule has 0 radical (unpaired) electrons. The number of aryl methyl sites for hydroxylation is 2. The third-order valence-electron chi connectivity index (χ3n) is 3.77. The lowest BCUT2D eigenvalue weighted by atomic mass is 9.96. The summed E-state index contributed by atoms with van der Waals surface area (Å²) in [4.78, 5) is 0. The van der Waals surface area contributed by atoms with Gasteiger partial charge in [0.25, 0.3) is 0 Å². The van der Waals surface area contributed by atoms with E-state index in [9.17, 15) is 0 Å². The van der Waals surface area contributed by atoms with E-state index in [1.54, 1.807) is 0 Å². The van der Waals surface area contributed by atoms with Crippen molar-refractivity contribution in [3.8, 4) is 0 Å². The number of benzene rings is 2. The van der Waals surface area contributed by atoms with Crippen LogP contribution >= 0.6 is 31.9 Å². The van der Waals surface area contributed by atoms with Crippen molar-refractivity contribution in [2.75, 3.05) is 0 Å². The largest absolute Gasteiger partial charge is 0.320 e. The topological polar surface area (TPSA) is 26.0 Å². The minimum atomic E-state index is -0.0854. The quantitative estimate of drug-likeness (QED) is 0.799. The van der Waals surface area contributed by atoms with Gasteiger partial charge in [-0.1, -0.05) is 50.1 Å². The molecule has 0 heterocycles. The molecule has 0 fully saturated rings. The summed E-state index contributed by atoms with van der Waals surface area (Å²) in [5.41, 5.74) is 11.7. The van der Waals surface area contributed by atoms with E-state index in [0.717, 1.165) is 14.5 Å². The van der Waals surface area contributed by atoms with Gasteiger partial charge in [-0.15, -0.1) is 0 Å². The summed E-state index contributed by atoms with van der Waals surface area (Å²) in [6.45, 7) is 0. The second kappa shape index (κ2) is 5.39. The molecule has 1 unspecified atom stereocenters. The van der Waals surface area contributed by atoms with Crippen molar-refractivity contribution in [1.82, 2.24) is 0 Å². The Morgan fingerprint density at radius 1 is 0.947 bits per heavy atom. The standard InChI is InChI=1S/C16H15Br2N/c17-13-6-7-15(18)14(9-13)16(19)12-5-4-10-2-1-3-11(10)8-12/h4-9,16H,1-3,19H2. The molecule has 98 valence electrons. The maximum absolute atomic E-state index is 6.43. The Morgan fingerprint density at radius 3 is 2.58 bits per heavy atom. The summed E-state index contributed by atoms with van der Waals surface area (Å²) in [5.74, 6) is 0. The normalized spacial score (nSPS) is 15.3. The minimum absolute atomic E-state index is 0.0854. The van der Waals surface area contributed by atoms with Crippen LogP contribution in [0.2, 0.25) is 0 Å². The van der Waals surface area contributed by atoms with E-state index in [1.807, 2.05) is 12.1 Å². The maximum Gasteiger partial charge on any atom is 0.0563 e. The molecular formula is C16H15Br2N. The van der Waals surface area contributed by atoms with E-state index in [-0.39, 0.29) is 6.04 Å². The van der Waals surface area contributed by atoms with Gasteiger partial charge in [0.2, 0.25) is 0 Å². The SMILES string of the molecule is NC(c1ccc2c(c1)CCC2)c1cc(Br)ccc1Br. The summed E-state index contributed by atoms with van der Waals surface area (Å²) in [6.07, 6.45) is 3.68. The molecule has 2 N–H and O–H groups in total. The second-order valence-electron chi connectivity index (χ2n) is 5.03. The Balaban J connectivity index is 1.99. The van der Waals surface area contributed by atoms with E-state index >= 15 is 0 Å². The third-order valence-corrected chi connectivity index (χ3v) is 4.99. The van der Waals surface area contributed by atoms with Crippen molar-refractivity contribution in [2.45, 2.75) is 25.3 Å². The van der Waals surface area contributed by atoms with Gasteiger partial charge in [-0.2, -0.15) is 0 Å². The molecule has 2 aromatic carbocycles. The van der Waals surface area contributed by atoms with Crippen molar-refractivity contribution in [3.05, 3.63) is 67.6 Å². The number of hydrogen-bond donors (Lipinski definition) is 1. The van der Waals surface area contributed by atoms with E-state index in [4.69, 9.17) is 5.73 Å². The number of hydrogen-bond acceptors (Lipinski definition) is 1. The van der Waals surface area contributed by atoms with Gasteiger partial charge in [-0.25, -0.2) is 0 Å². The van der Waals surface area contributed by atoms with Gasteiger partial charge in [0, 0.05) is 8.95 Å². The lowest BCUT2D eigenvalue weighted by molar-refractivity contribution is 0.861. The Hall–Kier alpha value is -0.640. The first kappa shape index (κ1) is 13.3. The molecule has 3 rings (SSSR count). The van der Waals surface area contributed by atoms with Crippen LogP contribution in [0.15, 0.2) is 45.3 Å². The zero-order valence-corrected chi connectivity index (χ0v) is 13.7. The first-order valence-corrected chi connectivity index (χ1v) is 8.06. The Bertz CT molecular complexity index is 622. The van der Waals surface area contributed by atoms with Crippen LogP contribution < -0.4 is 5.73 Å². The van der Waals surface area contributed by atoms with Crippen LogP contribution in [0, 0.1) is 0 Å². The predicted molar refractivity (Wildman–Crippen MR) is 86.3 cm³/mol.